The van der Waals surface area contributed by atoms with Gasteiger partial charge in [-0.15, -0.1) is 11.3 Å². The van der Waals surface area contributed by atoms with E-state index in [0.29, 0.717) is 11.2 Å². The third-order valence-corrected chi connectivity index (χ3v) is 5.47. The molecule has 0 saturated carbocycles. The zero-order valence-corrected chi connectivity index (χ0v) is 13.4. The summed E-state index contributed by atoms with van der Waals surface area (Å²) in [5, 5.41) is 0. The highest BCUT2D eigenvalue weighted by Crippen LogP contribution is 2.40. The molecule has 22 heavy (non-hydrogen) atoms. The summed E-state index contributed by atoms with van der Waals surface area (Å²) < 4.78 is 38.7. The highest BCUT2D eigenvalue weighted by atomic mass is 32.2. The van der Waals surface area contributed by atoms with E-state index in [1.807, 2.05) is 12.1 Å². The van der Waals surface area contributed by atoms with Gasteiger partial charge >= 0.3 is 5.51 Å². The lowest BCUT2D eigenvalue weighted by atomic mass is 10.3. The molecule has 0 aliphatic carbocycles. The Morgan fingerprint density at radius 3 is 2.36 bits per heavy atom. The molecule has 3 rings (SSSR count). The van der Waals surface area contributed by atoms with Crippen LogP contribution in [0.15, 0.2) is 56.6 Å². The number of nitrogens with zero attached hydrogens (tertiary/aromatic N) is 1. The standard InChI is InChI=1S/C14H9F3N2S3/c15-14(16,17)22-10-5-6-11-12(7-10)21-13(19-11)20-9-3-1-8(18)2-4-9/h1-7H,18H2. The Morgan fingerprint density at radius 1 is 1.00 bits per heavy atom. The predicted octanol–water partition coefficient (Wildman–Crippen LogP) is 5.64. The van der Waals surface area contributed by atoms with Gasteiger partial charge in [-0.2, -0.15) is 13.2 Å². The first-order chi connectivity index (χ1) is 10.4. The first-order valence-corrected chi connectivity index (χ1v) is 8.54. The van der Waals surface area contributed by atoms with E-state index in [2.05, 4.69) is 4.98 Å². The van der Waals surface area contributed by atoms with Crippen LogP contribution < -0.4 is 5.73 Å². The van der Waals surface area contributed by atoms with Crippen molar-refractivity contribution in [3.8, 4) is 0 Å². The average molecular weight is 358 g/mol. The first kappa shape index (κ1) is 15.5. The minimum Gasteiger partial charge on any atom is -0.399 e. The summed E-state index contributed by atoms with van der Waals surface area (Å²) in [5.74, 6) is 0. The number of fused-ring (bicyclic) bond motifs is 1. The Kier molecular flexibility index (Phi) is 4.24. The number of hydrogen-bond acceptors (Lipinski definition) is 5. The van der Waals surface area contributed by atoms with Crippen molar-refractivity contribution in [3.63, 3.8) is 0 Å². The molecule has 2 N–H and O–H groups in total. The lowest BCUT2D eigenvalue weighted by molar-refractivity contribution is -0.0328. The number of alkyl halides is 3. The molecule has 114 valence electrons. The Labute approximate surface area is 136 Å². The minimum atomic E-state index is -4.28. The zero-order chi connectivity index (χ0) is 15.7. The van der Waals surface area contributed by atoms with Gasteiger partial charge in [0.25, 0.3) is 0 Å². The Balaban J connectivity index is 1.84. The highest BCUT2D eigenvalue weighted by molar-refractivity contribution is 8.01. The SMILES string of the molecule is Nc1ccc(Sc2nc3ccc(SC(F)(F)F)cc3s2)cc1. The molecule has 0 radical (unpaired) electrons. The van der Waals surface area contributed by atoms with E-state index in [1.54, 1.807) is 18.2 Å². The lowest BCUT2D eigenvalue weighted by Crippen LogP contribution is -1.98. The van der Waals surface area contributed by atoms with Crippen LogP contribution in [0.4, 0.5) is 18.9 Å². The van der Waals surface area contributed by atoms with E-state index in [4.69, 9.17) is 5.73 Å². The maximum Gasteiger partial charge on any atom is 0.446 e. The second-order valence-electron chi connectivity index (χ2n) is 4.33. The van der Waals surface area contributed by atoms with Crippen LogP contribution in [-0.4, -0.2) is 10.5 Å². The summed E-state index contributed by atoms with van der Waals surface area (Å²) in [7, 11) is 0. The van der Waals surface area contributed by atoms with Gasteiger partial charge < -0.3 is 5.73 Å². The van der Waals surface area contributed by atoms with Crippen LogP contribution in [0.5, 0.6) is 0 Å². The molecule has 0 aliphatic rings. The molecule has 0 aliphatic heterocycles. The third kappa shape index (κ3) is 3.88. The van der Waals surface area contributed by atoms with Crippen molar-refractivity contribution in [3.05, 3.63) is 42.5 Å². The quantitative estimate of drug-likeness (QED) is 0.486. The Morgan fingerprint density at radius 2 is 1.68 bits per heavy atom. The lowest BCUT2D eigenvalue weighted by Gasteiger charge is -2.04. The number of anilines is 1. The minimum absolute atomic E-state index is 0.111. The second-order valence-corrected chi connectivity index (χ2v) is 7.82. The van der Waals surface area contributed by atoms with Crippen molar-refractivity contribution in [1.82, 2.24) is 4.98 Å². The molecule has 0 atom stereocenters. The van der Waals surface area contributed by atoms with Crippen molar-refractivity contribution in [2.24, 2.45) is 0 Å². The van der Waals surface area contributed by atoms with Gasteiger partial charge in [0.1, 0.15) is 0 Å². The number of nitrogen functional groups attached to an aromatic ring is 1. The van der Waals surface area contributed by atoms with E-state index >= 15 is 0 Å². The number of thiazole rings is 1. The fraction of sp³-hybridized carbons (Fsp3) is 0.0714. The zero-order valence-electron chi connectivity index (χ0n) is 10.9. The molecular weight excluding hydrogens is 349 g/mol. The van der Waals surface area contributed by atoms with E-state index < -0.39 is 5.51 Å². The number of aromatic nitrogens is 1. The molecule has 1 aromatic heterocycles. The average Bonchev–Trinajstić information content (AvgIpc) is 2.81. The molecule has 8 heteroatoms. The number of nitrogens with two attached hydrogens (primary N) is 1. The van der Waals surface area contributed by atoms with Crippen LogP contribution in [0, 0.1) is 0 Å². The van der Waals surface area contributed by atoms with Gasteiger partial charge in [-0.25, -0.2) is 4.98 Å². The fourth-order valence-corrected chi connectivity index (χ4v) is 4.49. The van der Waals surface area contributed by atoms with Crippen LogP contribution in [-0.2, 0) is 0 Å². The van der Waals surface area contributed by atoms with Crippen LogP contribution >= 0.6 is 34.9 Å². The molecule has 0 spiro atoms. The van der Waals surface area contributed by atoms with Gasteiger partial charge in [0, 0.05) is 15.5 Å². The van der Waals surface area contributed by atoms with Crippen LogP contribution in [0.2, 0.25) is 0 Å². The maximum absolute atomic E-state index is 12.4. The molecule has 0 fully saturated rings. The van der Waals surface area contributed by atoms with Crippen molar-refractivity contribution >= 4 is 50.8 Å². The summed E-state index contributed by atoms with van der Waals surface area (Å²) >= 11 is 2.73. The van der Waals surface area contributed by atoms with Crippen molar-refractivity contribution < 1.29 is 13.2 Å². The summed E-state index contributed by atoms with van der Waals surface area (Å²) in [5.41, 5.74) is 2.74. The molecule has 2 nitrogen and oxygen atoms in total. The van der Waals surface area contributed by atoms with Gasteiger partial charge in [-0.3, -0.25) is 0 Å². The number of thioether (sulfide) groups is 1. The van der Waals surface area contributed by atoms with Crippen molar-refractivity contribution in [2.45, 2.75) is 19.6 Å². The Hall–Kier alpha value is -1.38. The van der Waals surface area contributed by atoms with E-state index in [1.165, 1.54) is 35.2 Å². The number of rotatable bonds is 3. The number of benzene rings is 2. The number of halogens is 3. The summed E-state index contributed by atoms with van der Waals surface area (Å²) in [4.78, 5) is 5.59. The summed E-state index contributed by atoms with van der Waals surface area (Å²) in [6.07, 6.45) is 0. The fourth-order valence-electron chi connectivity index (χ4n) is 1.76. The normalized spacial score (nSPS) is 12.0. The van der Waals surface area contributed by atoms with Gasteiger partial charge in [-0.1, -0.05) is 11.8 Å². The molecule has 1 heterocycles. The maximum atomic E-state index is 12.4. The van der Waals surface area contributed by atoms with Crippen LogP contribution in [0.1, 0.15) is 0 Å². The largest absolute Gasteiger partial charge is 0.446 e. The van der Waals surface area contributed by atoms with Gasteiger partial charge in [0.2, 0.25) is 0 Å². The molecule has 0 bridgehead atoms. The first-order valence-electron chi connectivity index (χ1n) is 6.09. The van der Waals surface area contributed by atoms with Crippen LogP contribution in [0.25, 0.3) is 10.2 Å². The molecule has 0 amide bonds. The molecule has 3 aromatic rings. The molecule has 0 saturated heterocycles. The van der Waals surface area contributed by atoms with E-state index in [9.17, 15) is 13.2 Å². The molecule has 2 aromatic carbocycles. The summed E-state index contributed by atoms with van der Waals surface area (Å²) in [6, 6.07) is 12.0. The highest BCUT2D eigenvalue weighted by Gasteiger charge is 2.29. The number of hydrogen-bond donors (Lipinski definition) is 1. The van der Waals surface area contributed by atoms with E-state index in [-0.39, 0.29) is 16.7 Å². The molecular formula is C14H9F3N2S3. The second kappa shape index (κ2) is 6.02. The van der Waals surface area contributed by atoms with Crippen molar-refractivity contribution in [2.75, 3.05) is 5.73 Å². The van der Waals surface area contributed by atoms with E-state index in [0.717, 1.165) is 13.9 Å². The predicted molar refractivity (Wildman–Crippen MR) is 86.5 cm³/mol. The van der Waals surface area contributed by atoms with Gasteiger partial charge in [0.15, 0.2) is 4.34 Å². The van der Waals surface area contributed by atoms with Gasteiger partial charge in [0.05, 0.1) is 10.2 Å². The smallest absolute Gasteiger partial charge is 0.399 e. The monoisotopic (exact) mass is 358 g/mol. The van der Waals surface area contributed by atoms with Gasteiger partial charge in [-0.05, 0) is 54.2 Å². The Bertz CT molecular complexity index is 797. The topological polar surface area (TPSA) is 38.9 Å². The van der Waals surface area contributed by atoms with Crippen LogP contribution in [0.3, 0.4) is 0 Å². The summed E-state index contributed by atoms with van der Waals surface area (Å²) in [6.45, 7) is 0. The van der Waals surface area contributed by atoms with Crippen molar-refractivity contribution in [1.29, 1.82) is 0 Å². The third-order valence-electron chi connectivity index (χ3n) is 2.66. The molecule has 0 unspecified atom stereocenters.